The first-order valence-electron chi connectivity index (χ1n) is 27.5. The minimum Gasteiger partial charge on any atom is -0.462 e. The van der Waals surface area contributed by atoms with Crippen LogP contribution in [0.25, 0.3) is 0 Å². The van der Waals surface area contributed by atoms with Crippen LogP contribution >= 0.6 is 0 Å². The summed E-state index contributed by atoms with van der Waals surface area (Å²) in [5, 5.41) is 0. The van der Waals surface area contributed by atoms with Crippen molar-refractivity contribution in [2.45, 2.75) is 297 Å². The predicted octanol–water partition coefficient (Wildman–Crippen LogP) is 18.1. The summed E-state index contributed by atoms with van der Waals surface area (Å²) >= 11 is 0. The van der Waals surface area contributed by atoms with Gasteiger partial charge < -0.3 is 14.2 Å². The molecule has 0 saturated carbocycles. The number of carbonyl (C=O) groups is 3. The van der Waals surface area contributed by atoms with E-state index in [0.717, 1.165) is 89.9 Å². The highest BCUT2D eigenvalue weighted by atomic mass is 16.6. The second-order valence-electron chi connectivity index (χ2n) is 18.5. The van der Waals surface area contributed by atoms with Crippen molar-refractivity contribution in [2.75, 3.05) is 13.2 Å². The molecule has 368 valence electrons. The SMILES string of the molecule is CC/C=C\C/C=C\C/C=C\CCCCCCCCCC(=O)OC(COC(=O)CCCCCCC)COC(=O)CCCCCCCCCCCCCCCCCCCCCCCCC. The van der Waals surface area contributed by atoms with Gasteiger partial charge >= 0.3 is 17.9 Å². The molecule has 0 heterocycles. The summed E-state index contributed by atoms with van der Waals surface area (Å²) in [6.07, 6.45) is 61.8. The van der Waals surface area contributed by atoms with Crippen LogP contribution in [0.1, 0.15) is 290 Å². The van der Waals surface area contributed by atoms with Gasteiger partial charge in [0, 0.05) is 19.3 Å². The van der Waals surface area contributed by atoms with Gasteiger partial charge in [0.1, 0.15) is 13.2 Å². The average molecular weight is 885 g/mol. The zero-order valence-corrected chi connectivity index (χ0v) is 42.1. The molecule has 6 nitrogen and oxygen atoms in total. The molecule has 6 heteroatoms. The van der Waals surface area contributed by atoms with Crippen LogP contribution in [-0.2, 0) is 28.6 Å². The molecule has 0 aliphatic heterocycles. The average Bonchev–Trinajstić information content (AvgIpc) is 3.28. The van der Waals surface area contributed by atoms with Crippen LogP contribution in [0.15, 0.2) is 36.5 Å². The van der Waals surface area contributed by atoms with E-state index in [4.69, 9.17) is 14.2 Å². The first-order chi connectivity index (χ1) is 31.0. The smallest absolute Gasteiger partial charge is 0.306 e. The Hall–Kier alpha value is -2.37. The summed E-state index contributed by atoms with van der Waals surface area (Å²) < 4.78 is 16.7. The van der Waals surface area contributed by atoms with Crippen LogP contribution in [0, 0.1) is 0 Å². The summed E-state index contributed by atoms with van der Waals surface area (Å²) in [5.74, 6) is -0.885. The molecule has 0 aliphatic carbocycles. The van der Waals surface area contributed by atoms with E-state index in [1.54, 1.807) is 0 Å². The van der Waals surface area contributed by atoms with Crippen molar-refractivity contribution < 1.29 is 28.6 Å². The first-order valence-corrected chi connectivity index (χ1v) is 27.5. The molecule has 0 fully saturated rings. The lowest BCUT2D eigenvalue weighted by Crippen LogP contribution is -2.30. The third kappa shape index (κ3) is 50.5. The van der Waals surface area contributed by atoms with Gasteiger partial charge in [0.25, 0.3) is 0 Å². The number of esters is 3. The Balaban J connectivity index is 4.06. The van der Waals surface area contributed by atoms with Gasteiger partial charge in [-0.2, -0.15) is 0 Å². The van der Waals surface area contributed by atoms with E-state index in [2.05, 4.69) is 57.2 Å². The van der Waals surface area contributed by atoms with Crippen LogP contribution in [0.2, 0.25) is 0 Å². The highest BCUT2D eigenvalue weighted by Crippen LogP contribution is 2.17. The van der Waals surface area contributed by atoms with Crippen molar-refractivity contribution in [3.63, 3.8) is 0 Å². The van der Waals surface area contributed by atoms with Gasteiger partial charge in [-0.3, -0.25) is 14.4 Å². The van der Waals surface area contributed by atoms with Gasteiger partial charge in [-0.15, -0.1) is 0 Å². The molecule has 1 unspecified atom stereocenters. The molecule has 0 radical (unpaired) electrons. The number of hydrogen-bond donors (Lipinski definition) is 0. The second kappa shape index (κ2) is 52.3. The lowest BCUT2D eigenvalue weighted by atomic mass is 10.0. The highest BCUT2D eigenvalue weighted by Gasteiger charge is 2.19. The molecule has 0 spiro atoms. The van der Waals surface area contributed by atoms with Crippen molar-refractivity contribution >= 4 is 17.9 Å². The van der Waals surface area contributed by atoms with Gasteiger partial charge in [0.05, 0.1) is 0 Å². The van der Waals surface area contributed by atoms with Gasteiger partial charge in [0.2, 0.25) is 0 Å². The van der Waals surface area contributed by atoms with Gasteiger partial charge in [-0.1, -0.05) is 256 Å². The Labute approximate surface area is 391 Å². The fraction of sp³-hybridized carbons (Fsp3) is 0.842. The van der Waals surface area contributed by atoms with Crippen LogP contribution in [0.5, 0.6) is 0 Å². The lowest BCUT2D eigenvalue weighted by Gasteiger charge is -2.18. The molecule has 1 atom stereocenters. The number of unbranched alkanes of at least 4 members (excludes halogenated alkanes) is 33. The van der Waals surface area contributed by atoms with E-state index in [1.165, 1.54) is 161 Å². The Bertz CT molecular complexity index is 1060. The third-order valence-electron chi connectivity index (χ3n) is 12.2. The number of carbonyl (C=O) groups excluding carboxylic acids is 3. The van der Waals surface area contributed by atoms with Crippen molar-refractivity contribution in [1.29, 1.82) is 0 Å². The second-order valence-corrected chi connectivity index (χ2v) is 18.5. The van der Waals surface area contributed by atoms with Gasteiger partial charge in [-0.25, -0.2) is 0 Å². The van der Waals surface area contributed by atoms with E-state index in [1.807, 2.05) is 0 Å². The minimum absolute atomic E-state index is 0.0732. The fourth-order valence-electron chi connectivity index (χ4n) is 8.05. The molecule has 63 heavy (non-hydrogen) atoms. The molecular formula is C57H104O6. The quantitative estimate of drug-likeness (QED) is 0.0262. The summed E-state index contributed by atoms with van der Waals surface area (Å²) in [5.41, 5.74) is 0. The van der Waals surface area contributed by atoms with Crippen LogP contribution < -0.4 is 0 Å². The van der Waals surface area contributed by atoms with Crippen molar-refractivity contribution in [2.24, 2.45) is 0 Å². The summed E-state index contributed by atoms with van der Waals surface area (Å²) in [6.45, 7) is 6.47. The number of hydrogen-bond acceptors (Lipinski definition) is 6. The molecule has 0 aromatic carbocycles. The molecule has 0 saturated heterocycles. The molecule has 0 bridgehead atoms. The molecule has 0 amide bonds. The Morgan fingerprint density at radius 2 is 0.619 bits per heavy atom. The largest absolute Gasteiger partial charge is 0.462 e. The van der Waals surface area contributed by atoms with E-state index in [0.29, 0.717) is 19.3 Å². The third-order valence-corrected chi connectivity index (χ3v) is 12.2. The number of allylic oxidation sites excluding steroid dienone is 6. The monoisotopic (exact) mass is 885 g/mol. The van der Waals surface area contributed by atoms with Crippen LogP contribution in [-0.4, -0.2) is 37.2 Å². The van der Waals surface area contributed by atoms with Crippen LogP contribution in [0.3, 0.4) is 0 Å². The topological polar surface area (TPSA) is 78.9 Å². The minimum atomic E-state index is -0.770. The molecule has 0 aromatic rings. The first kappa shape index (κ1) is 60.6. The standard InChI is InChI=1S/C57H104O6/c1-4-7-10-13-15-17-19-21-23-25-26-27-28-29-30-32-33-35-37-39-41-44-47-50-56(59)62-53-54(52-61-55(58)49-46-43-12-9-6-3)63-57(60)51-48-45-42-40-38-36-34-31-24-22-20-18-16-14-11-8-5-2/h8,11,16,18,22,24,54H,4-7,9-10,12-15,17,19-21,23,25-53H2,1-3H3/b11-8-,18-16-,24-22-. The van der Waals surface area contributed by atoms with Crippen molar-refractivity contribution in [1.82, 2.24) is 0 Å². The van der Waals surface area contributed by atoms with Crippen molar-refractivity contribution in [3.05, 3.63) is 36.5 Å². The molecular weight excluding hydrogens is 781 g/mol. The van der Waals surface area contributed by atoms with E-state index < -0.39 is 6.10 Å². The molecule has 0 rings (SSSR count). The lowest BCUT2D eigenvalue weighted by molar-refractivity contribution is -0.167. The summed E-state index contributed by atoms with van der Waals surface area (Å²) in [6, 6.07) is 0. The maximum Gasteiger partial charge on any atom is 0.306 e. The Morgan fingerprint density at radius 1 is 0.333 bits per heavy atom. The maximum absolute atomic E-state index is 12.7. The van der Waals surface area contributed by atoms with Crippen molar-refractivity contribution in [3.8, 4) is 0 Å². The molecule has 0 aromatic heterocycles. The number of rotatable bonds is 50. The normalized spacial score (nSPS) is 12.2. The summed E-state index contributed by atoms with van der Waals surface area (Å²) in [7, 11) is 0. The maximum atomic E-state index is 12.7. The van der Waals surface area contributed by atoms with Crippen LogP contribution in [0.4, 0.5) is 0 Å². The molecule has 0 aliphatic rings. The van der Waals surface area contributed by atoms with E-state index in [9.17, 15) is 14.4 Å². The predicted molar refractivity (Wildman–Crippen MR) is 270 cm³/mol. The highest BCUT2D eigenvalue weighted by molar-refractivity contribution is 5.71. The van der Waals surface area contributed by atoms with E-state index in [-0.39, 0.29) is 31.1 Å². The Morgan fingerprint density at radius 3 is 0.968 bits per heavy atom. The fourth-order valence-corrected chi connectivity index (χ4v) is 8.05. The van der Waals surface area contributed by atoms with E-state index >= 15 is 0 Å². The zero-order chi connectivity index (χ0) is 45.8. The molecule has 0 N–H and O–H groups in total. The van der Waals surface area contributed by atoms with Gasteiger partial charge in [-0.05, 0) is 51.4 Å². The Kier molecular flexibility index (Phi) is 50.3. The summed E-state index contributed by atoms with van der Waals surface area (Å²) in [4.78, 5) is 37.7. The van der Waals surface area contributed by atoms with Gasteiger partial charge in [0.15, 0.2) is 6.10 Å². The zero-order valence-electron chi connectivity index (χ0n) is 42.1. The number of ether oxygens (including phenoxy) is 3.